The molecule has 0 bridgehead atoms. The number of halogens is 1. The highest BCUT2D eigenvalue weighted by atomic mass is 35.5. The molecule has 3 aromatic rings. The van der Waals surface area contributed by atoms with Crippen molar-refractivity contribution in [3.8, 4) is 17.1 Å². The third-order valence-corrected chi connectivity index (χ3v) is 3.88. The first-order valence-electron chi connectivity index (χ1n) is 7.55. The van der Waals surface area contributed by atoms with Crippen molar-refractivity contribution in [2.75, 3.05) is 14.2 Å². The Kier molecular flexibility index (Phi) is 5.00. The number of para-hydroxylation sites is 1. The van der Waals surface area contributed by atoms with Gasteiger partial charge in [-0.1, -0.05) is 28.9 Å². The Balaban J connectivity index is 1.74. The van der Waals surface area contributed by atoms with Gasteiger partial charge < -0.3 is 14.2 Å². The third kappa shape index (κ3) is 3.80. The number of nitrogens with zero attached hydrogens (tertiary/aromatic N) is 3. The average molecular weight is 358 g/mol. The van der Waals surface area contributed by atoms with Crippen molar-refractivity contribution in [3.05, 3.63) is 65.0 Å². The SMILES string of the molecule is COc1ccccc1C(=O)N(C)Cc1nc(-c2ccc(Cl)cc2)no1. The standard InChI is InChI=1S/C18H16ClN3O3/c1-22(18(23)14-5-3-4-6-15(14)24-2)11-16-20-17(21-25-16)12-7-9-13(19)10-8-12/h3-10H,11H2,1-2H3. The fraction of sp³-hybridized carbons (Fsp3) is 0.167. The topological polar surface area (TPSA) is 68.5 Å². The van der Waals surface area contributed by atoms with E-state index in [-0.39, 0.29) is 12.5 Å². The molecule has 128 valence electrons. The molecule has 1 aromatic heterocycles. The van der Waals surface area contributed by atoms with Crippen molar-refractivity contribution >= 4 is 17.5 Å². The van der Waals surface area contributed by atoms with Crippen LogP contribution in [-0.2, 0) is 6.54 Å². The highest BCUT2D eigenvalue weighted by molar-refractivity contribution is 6.30. The minimum atomic E-state index is -0.191. The van der Waals surface area contributed by atoms with Gasteiger partial charge in [-0.05, 0) is 36.4 Å². The second kappa shape index (κ2) is 7.36. The highest BCUT2D eigenvalue weighted by Crippen LogP contribution is 2.21. The fourth-order valence-electron chi connectivity index (χ4n) is 2.34. The number of hydrogen-bond donors (Lipinski definition) is 0. The van der Waals surface area contributed by atoms with Gasteiger partial charge in [-0.3, -0.25) is 4.79 Å². The zero-order chi connectivity index (χ0) is 17.8. The molecule has 0 spiro atoms. The van der Waals surface area contributed by atoms with Crippen molar-refractivity contribution in [1.82, 2.24) is 15.0 Å². The molecule has 1 amide bonds. The predicted molar refractivity (Wildman–Crippen MR) is 93.5 cm³/mol. The Bertz CT molecular complexity index is 877. The maximum Gasteiger partial charge on any atom is 0.257 e. The van der Waals surface area contributed by atoms with Crippen molar-refractivity contribution in [2.24, 2.45) is 0 Å². The van der Waals surface area contributed by atoms with Crippen LogP contribution in [0.3, 0.4) is 0 Å². The summed E-state index contributed by atoms with van der Waals surface area (Å²) in [5.41, 5.74) is 1.27. The zero-order valence-electron chi connectivity index (χ0n) is 13.8. The van der Waals surface area contributed by atoms with E-state index in [9.17, 15) is 4.79 Å². The van der Waals surface area contributed by atoms with E-state index in [0.717, 1.165) is 5.56 Å². The van der Waals surface area contributed by atoms with Crippen molar-refractivity contribution in [2.45, 2.75) is 6.54 Å². The summed E-state index contributed by atoms with van der Waals surface area (Å²) in [5.74, 6) is 1.12. The maximum absolute atomic E-state index is 12.6. The molecule has 0 saturated carbocycles. The molecule has 0 aliphatic rings. The molecule has 0 unspecified atom stereocenters. The average Bonchev–Trinajstić information content (AvgIpc) is 3.10. The smallest absolute Gasteiger partial charge is 0.257 e. The summed E-state index contributed by atoms with van der Waals surface area (Å²) < 4.78 is 10.5. The number of ether oxygens (including phenoxy) is 1. The van der Waals surface area contributed by atoms with Gasteiger partial charge in [0.15, 0.2) is 0 Å². The Morgan fingerprint density at radius 3 is 2.64 bits per heavy atom. The number of methoxy groups -OCH3 is 1. The number of aromatic nitrogens is 2. The molecule has 0 saturated heterocycles. The summed E-state index contributed by atoms with van der Waals surface area (Å²) in [7, 11) is 3.20. The van der Waals surface area contributed by atoms with Gasteiger partial charge in [-0.2, -0.15) is 4.98 Å². The summed E-state index contributed by atoms with van der Waals surface area (Å²) in [5, 5.41) is 4.58. The number of benzene rings is 2. The van der Waals surface area contributed by atoms with E-state index < -0.39 is 0 Å². The van der Waals surface area contributed by atoms with Gasteiger partial charge in [0, 0.05) is 17.6 Å². The van der Waals surface area contributed by atoms with Gasteiger partial charge in [0.05, 0.1) is 12.7 Å². The van der Waals surface area contributed by atoms with Crippen LogP contribution in [0.25, 0.3) is 11.4 Å². The van der Waals surface area contributed by atoms with Crippen LogP contribution >= 0.6 is 11.6 Å². The molecular weight excluding hydrogens is 342 g/mol. The van der Waals surface area contributed by atoms with Crippen LogP contribution in [0.1, 0.15) is 16.2 Å². The van der Waals surface area contributed by atoms with Crippen LogP contribution < -0.4 is 4.74 Å². The lowest BCUT2D eigenvalue weighted by Gasteiger charge is -2.16. The van der Waals surface area contributed by atoms with Gasteiger partial charge in [0.1, 0.15) is 12.3 Å². The molecule has 0 aliphatic carbocycles. The van der Waals surface area contributed by atoms with E-state index in [0.29, 0.717) is 28.1 Å². The molecule has 1 heterocycles. The fourth-order valence-corrected chi connectivity index (χ4v) is 2.46. The lowest BCUT2D eigenvalue weighted by molar-refractivity contribution is 0.0766. The first kappa shape index (κ1) is 17.0. The Morgan fingerprint density at radius 1 is 1.20 bits per heavy atom. The quantitative estimate of drug-likeness (QED) is 0.696. The zero-order valence-corrected chi connectivity index (χ0v) is 14.5. The van der Waals surface area contributed by atoms with Crippen LogP contribution in [-0.4, -0.2) is 35.1 Å². The normalized spacial score (nSPS) is 10.5. The first-order valence-corrected chi connectivity index (χ1v) is 7.93. The minimum absolute atomic E-state index is 0.191. The molecule has 0 N–H and O–H groups in total. The number of carbonyl (C=O) groups is 1. The molecule has 2 aromatic carbocycles. The van der Waals surface area contributed by atoms with Crippen LogP contribution in [0.2, 0.25) is 5.02 Å². The highest BCUT2D eigenvalue weighted by Gasteiger charge is 2.19. The van der Waals surface area contributed by atoms with Crippen LogP contribution in [0.15, 0.2) is 53.1 Å². The Hall–Kier alpha value is -2.86. The van der Waals surface area contributed by atoms with Crippen LogP contribution in [0.5, 0.6) is 5.75 Å². The number of rotatable bonds is 5. The van der Waals surface area contributed by atoms with E-state index in [1.165, 1.54) is 12.0 Å². The molecule has 7 heteroatoms. The lowest BCUT2D eigenvalue weighted by Crippen LogP contribution is -2.26. The molecule has 3 rings (SSSR count). The van der Waals surface area contributed by atoms with E-state index in [1.54, 1.807) is 49.5 Å². The summed E-state index contributed by atoms with van der Waals surface area (Å²) in [6, 6.07) is 14.2. The molecular formula is C18H16ClN3O3. The molecule has 0 aliphatic heterocycles. The van der Waals surface area contributed by atoms with E-state index in [2.05, 4.69) is 10.1 Å². The van der Waals surface area contributed by atoms with E-state index >= 15 is 0 Å². The first-order chi connectivity index (χ1) is 12.1. The van der Waals surface area contributed by atoms with Gasteiger partial charge in [-0.25, -0.2) is 0 Å². The van der Waals surface area contributed by atoms with Crippen molar-refractivity contribution in [1.29, 1.82) is 0 Å². The van der Waals surface area contributed by atoms with E-state index in [4.69, 9.17) is 20.9 Å². The number of amides is 1. The molecule has 25 heavy (non-hydrogen) atoms. The summed E-state index contributed by atoms with van der Waals surface area (Å²) >= 11 is 5.87. The second-order valence-corrected chi connectivity index (χ2v) is 5.82. The molecule has 0 radical (unpaired) electrons. The van der Waals surface area contributed by atoms with Crippen molar-refractivity contribution in [3.63, 3.8) is 0 Å². The predicted octanol–water partition coefficient (Wildman–Crippen LogP) is 3.67. The summed E-state index contributed by atoms with van der Waals surface area (Å²) in [4.78, 5) is 18.4. The van der Waals surface area contributed by atoms with Crippen LogP contribution in [0.4, 0.5) is 0 Å². The number of carbonyl (C=O) groups excluding carboxylic acids is 1. The van der Waals surface area contributed by atoms with Gasteiger partial charge in [0.25, 0.3) is 5.91 Å². The van der Waals surface area contributed by atoms with Gasteiger partial charge >= 0.3 is 0 Å². The maximum atomic E-state index is 12.6. The lowest BCUT2D eigenvalue weighted by atomic mass is 10.2. The Labute approximate surface area is 150 Å². The van der Waals surface area contributed by atoms with Gasteiger partial charge in [-0.15, -0.1) is 0 Å². The largest absolute Gasteiger partial charge is 0.496 e. The number of hydrogen-bond acceptors (Lipinski definition) is 5. The summed E-state index contributed by atoms with van der Waals surface area (Å²) in [6.07, 6.45) is 0. The monoisotopic (exact) mass is 357 g/mol. The second-order valence-electron chi connectivity index (χ2n) is 5.38. The van der Waals surface area contributed by atoms with E-state index in [1.807, 2.05) is 6.07 Å². The van der Waals surface area contributed by atoms with Crippen molar-refractivity contribution < 1.29 is 14.1 Å². The minimum Gasteiger partial charge on any atom is -0.496 e. The third-order valence-electron chi connectivity index (χ3n) is 3.63. The summed E-state index contributed by atoms with van der Waals surface area (Å²) in [6.45, 7) is 0.192. The molecule has 0 fully saturated rings. The van der Waals surface area contributed by atoms with Gasteiger partial charge in [0.2, 0.25) is 11.7 Å². The molecule has 0 atom stereocenters. The Morgan fingerprint density at radius 2 is 1.92 bits per heavy atom. The van der Waals surface area contributed by atoms with Crippen LogP contribution in [0, 0.1) is 0 Å². The molecule has 6 nitrogen and oxygen atoms in total.